The molecular weight excluding hydrogens is 393 g/mol. The molecule has 1 saturated heterocycles. The summed E-state index contributed by atoms with van der Waals surface area (Å²) in [6.45, 7) is 2.02. The fraction of sp³-hybridized carbons (Fsp3) is 0.250. The maximum atomic E-state index is 13.1. The Labute approximate surface area is 170 Å². The number of carbonyl (C=O) groups is 1. The lowest BCUT2D eigenvalue weighted by Crippen LogP contribution is -2.50. The number of fused-ring (bicyclic) bond motifs is 1. The normalized spacial score (nSPS) is 14.2. The van der Waals surface area contributed by atoms with Crippen molar-refractivity contribution < 1.29 is 14.1 Å². The van der Waals surface area contributed by atoms with Gasteiger partial charge in [-0.2, -0.15) is 0 Å². The van der Waals surface area contributed by atoms with E-state index in [0.29, 0.717) is 26.2 Å². The average Bonchev–Trinajstić information content (AvgIpc) is 2.76. The molecule has 0 atom stereocenters. The number of hydrogen-bond donors (Lipinski definition) is 0. The molecule has 3 aromatic rings. The molecule has 1 aromatic heterocycles. The number of benzene rings is 2. The van der Waals surface area contributed by atoms with Gasteiger partial charge in [-0.25, -0.2) is 9.37 Å². The first-order valence-electron chi connectivity index (χ1n) is 9.34. The van der Waals surface area contributed by atoms with E-state index >= 15 is 0 Å². The van der Waals surface area contributed by atoms with Crippen molar-refractivity contribution in [2.24, 2.45) is 0 Å². The number of halogens is 1. The highest BCUT2D eigenvalue weighted by Crippen LogP contribution is 2.18. The largest absolute Gasteiger partial charge is 0.368 e. The number of nitro groups is 1. The second-order valence-electron chi connectivity index (χ2n) is 6.98. The summed E-state index contributed by atoms with van der Waals surface area (Å²) in [5, 5.41) is 11.1. The van der Waals surface area contributed by atoms with Crippen LogP contribution in [-0.4, -0.2) is 51.5 Å². The van der Waals surface area contributed by atoms with E-state index in [1.54, 1.807) is 17.0 Å². The highest BCUT2D eigenvalue weighted by molar-refractivity contribution is 5.81. The first kappa shape index (κ1) is 19.5. The SMILES string of the molecule is O=C(Cn1cnc2cc([N+](=O)[O-])ccc2c1=O)N1CCN(c2ccc(F)cc2)CC1. The molecule has 154 valence electrons. The molecule has 2 aromatic carbocycles. The van der Waals surface area contributed by atoms with Gasteiger partial charge in [-0.1, -0.05) is 0 Å². The Bertz CT molecular complexity index is 1170. The van der Waals surface area contributed by atoms with E-state index < -0.39 is 10.5 Å². The van der Waals surface area contributed by atoms with E-state index in [-0.39, 0.29) is 34.9 Å². The van der Waals surface area contributed by atoms with Gasteiger partial charge in [0.25, 0.3) is 11.2 Å². The Morgan fingerprint density at radius 2 is 1.80 bits per heavy atom. The topological polar surface area (TPSA) is 102 Å². The smallest absolute Gasteiger partial charge is 0.271 e. The Hall–Kier alpha value is -3.82. The van der Waals surface area contributed by atoms with Crippen molar-refractivity contribution in [2.45, 2.75) is 6.54 Å². The van der Waals surface area contributed by atoms with E-state index in [4.69, 9.17) is 0 Å². The highest BCUT2D eigenvalue weighted by atomic mass is 19.1. The molecule has 1 aliphatic rings. The third-order valence-corrected chi connectivity index (χ3v) is 5.15. The van der Waals surface area contributed by atoms with Gasteiger partial charge < -0.3 is 9.80 Å². The summed E-state index contributed by atoms with van der Waals surface area (Å²) in [5.41, 5.74) is 0.536. The Morgan fingerprint density at radius 3 is 2.47 bits per heavy atom. The van der Waals surface area contributed by atoms with Gasteiger partial charge in [0.2, 0.25) is 5.91 Å². The van der Waals surface area contributed by atoms with Crippen LogP contribution in [0.4, 0.5) is 15.8 Å². The van der Waals surface area contributed by atoms with Gasteiger partial charge in [-0.15, -0.1) is 0 Å². The molecule has 0 saturated carbocycles. The Balaban J connectivity index is 1.44. The lowest BCUT2D eigenvalue weighted by Gasteiger charge is -2.36. The van der Waals surface area contributed by atoms with Gasteiger partial charge in [0, 0.05) is 44.0 Å². The summed E-state index contributed by atoms with van der Waals surface area (Å²) in [4.78, 5) is 43.5. The van der Waals surface area contributed by atoms with Crippen molar-refractivity contribution in [3.8, 4) is 0 Å². The fourth-order valence-corrected chi connectivity index (χ4v) is 3.48. The van der Waals surface area contributed by atoms with E-state index in [1.165, 1.54) is 41.2 Å². The van der Waals surface area contributed by atoms with Gasteiger partial charge >= 0.3 is 0 Å². The third kappa shape index (κ3) is 3.84. The van der Waals surface area contributed by atoms with Gasteiger partial charge in [-0.3, -0.25) is 24.3 Å². The third-order valence-electron chi connectivity index (χ3n) is 5.15. The van der Waals surface area contributed by atoms with E-state index in [9.17, 15) is 24.1 Å². The molecule has 0 bridgehead atoms. The minimum Gasteiger partial charge on any atom is -0.368 e. The van der Waals surface area contributed by atoms with Crippen LogP contribution in [0.1, 0.15) is 0 Å². The zero-order valence-corrected chi connectivity index (χ0v) is 15.9. The molecule has 0 aliphatic carbocycles. The number of anilines is 1. The number of rotatable bonds is 4. The predicted octanol–water partition coefficient (Wildman–Crippen LogP) is 1.79. The number of amides is 1. The van der Waals surface area contributed by atoms with Gasteiger partial charge in [-0.05, 0) is 30.3 Å². The van der Waals surface area contributed by atoms with Crippen molar-refractivity contribution in [3.63, 3.8) is 0 Å². The van der Waals surface area contributed by atoms with Gasteiger partial charge in [0.15, 0.2) is 0 Å². The second-order valence-corrected chi connectivity index (χ2v) is 6.98. The summed E-state index contributed by atoms with van der Waals surface area (Å²) in [6, 6.07) is 10.0. The summed E-state index contributed by atoms with van der Waals surface area (Å²) in [7, 11) is 0. The lowest BCUT2D eigenvalue weighted by molar-refractivity contribution is -0.384. The summed E-state index contributed by atoms with van der Waals surface area (Å²) in [5.74, 6) is -0.504. The van der Waals surface area contributed by atoms with Crippen LogP contribution in [0.15, 0.2) is 53.6 Å². The van der Waals surface area contributed by atoms with Crippen molar-refractivity contribution >= 4 is 28.2 Å². The number of piperazine rings is 1. The number of nitrogens with zero attached hydrogens (tertiary/aromatic N) is 5. The van der Waals surface area contributed by atoms with Crippen LogP contribution in [0.3, 0.4) is 0 Å². The molecule has 10 heteroatoms. The van der Waals surface area contributed by atoms with Crippen LogP contribution in [0.25, 0.3) is 10.9 Å². The molecule has 0 unspecified atom stereocenters. The molecule has 1 aliphatic heterocycles. The highest BCUT2D eigenvalue weighted by Gasteiger charge is 2.22. The van der Waals surface area contributed by atoms with Crippen molar-refractivity contribution in [2.75, 3.05) is 31.1 Å². The molecular formula is C20H18FN5O4. The van der Waals surface area contributed by atoms with Crippen LogP contribution >= 0.6 is 0 Å². The second kappa shape index (κ2) is 7.90. The van der Waals surface area contributed by atoms with Crippen molar-refractivity contribution in [1.82, 2.24) is 14.5 Å². The van der Waals surface area contributed by atoms with Crippen molar-refractivity contribution in [1.29, 1.82) is 0 Å². The van der Waals surface area contributed by atoms with E-state index in [2.05, 4.69) is 9.88 Å². The monoisotopic (exact) mass is 411 g/mol. The quantitative estimate of drug-likeness (QED) is 0.479. The lowest BCUT2D eigenvalue weighted by atomic mass is 10.2. The molecule has 4 rings (SSSR count). The Kier molecular flexibility index (Phi) is 5.13. The Morgan fingerprint density at radius 1 is 1.10 bits per heavy atom. The number of aromatic nitrogens is 2. The molecule has 30 heavy (non-hydrogen) atoms. The minimum absolute atomic E-state index is 0.151. The number of non-ortho nitro benzene ring substituents is 1. The molecule has 0 N–H and O–H groups in total. The maximum absolute atomic E-state index is 13.1. The average molecular weight is 411 g/mol. The molecule has 2 heterocycles. The number of carbonyl (C=O) groups excluding carboxylic acids is 1. The number of hydrogen-bond acceptors (Lipinski definition) is 6. The summed E-state index contributed by atoms with van der Waals surface area (Å²) >= 11 is 0. The number of nitro benzene ring substituents is 1. The standard InChI is InChI=1S/C20H18FN5O4/c21-14-1-3-15(4-2-14)23-7-9-24(10-8-23)19(27)12-25-13-22-18-11-16(26(29)30)5-6-17(18)20(25)28/h1-6,11,13H,7-10,12H2. The van der Waals surface area contributed by atoms with Crippen LogP contribution in [0, 0.1) is 15.9 Å². The fourth-order valence-electron chi connectivity index (χ4n) is 3.48. The molecule has 0 radical (unpaired) electrons. The molecule has 1 fully saturated rings. The van der Waals surface area contributed by atoms with Crippen LogP contribution in [0.2, 0.25) is 0 Å². The van der Waals surface area contributed by atoms with Crippen LogP contribution < -0.4 is 10.5 Å². The van der Waals surface area contributed by atoms with Gasteiger partial charge in [0.1, 0.15) is 12.4 Å². The molecule has 1 amide bonds. The maximum Gasteiger partial charge on any atom is 0.271 e. The van der Waals surface area contributed by atoms with E-state index in [0.717, 1.165) is 5.69 Å². The van der Waals surface area contributed by atoms with Crippen LogP contribution in [-0.2, 0) is 11.3 Å². The molecule has 9 nitrogen and oxygen atoms in total. The minimum atomic E-state index is -0.554. The summed E-state index contributed by atoms with van der Waals surface area (Å²) < 4.78 is 14.3. The molecule has 0 spiro atoms. The predicted molar refractivity (Wildman–Crippen MR) is 108 cm³/mol. The summed E-state index contributed by atoms with van der Waals surface area (Å²) in [6.07, 6.45) is 1.24. The van der Waals surface area contributed by atoms with Gasteiger partial charge in [0.05, 0.1) is 22.2 Å². The first-order valence-corrected chi connectivity index (χ1v) is 9.34. The van der Waals surface area contributed by atoms with E-state index in [1.807, 2.05) is 0 Å². The van der Waals surface area contributed by atoms with Crippen LogP contribution in [0.5, 0.6) is 0 Å². The van der Waals surface area contributed by atoms with Crippen molar-refractivity contribution in [3.05, 3.63) is 75.1 Å². The zero-order valence-electron chi connectivity index (χ0n) is 15.9. The first-order chi connectivity index (χ1) is 14.4. The zero-order chi connectivity index (χ0) is 21.3.